The molecule has 0 bridgehead atoms. The zero-order valence-corrected chi connectivity index (χ0v) is 7.83. The number of fused-ring (bicyclic) bond motifs is 1. The van der Waals surface area contributed by atoms with Crippen LogP contribution in [0.1, 0.15) is 5.69 Å². The van der Waals surface area contributed by atoms with Crippen molar-refractivity contribution in [1.82, 2.24) is 4.98 Å². The zero-order valence-electron chi connectivity index (χ0n) is 7.83. The molecule has 0 saturated carbocycles. The van der Waals surface area contributed by atoms with Crippen molar-refractivity contribution in [2.45, 2.75) is 0 Å². The molecule has 0 aliphatic heterocycles. The lowest BCUT2D eigenvalue weighted by Crippen LogP contribution is -2.06. The van der Waals surface area contributed by atoms with Gasteiger partial charge in [0.15, 0.2) is 5.83 Å². The van der Waals surface area contributed by atoms with Crippen LogP contribution in [0.3, 0.4) is 0 Å². The van der Waals surface area contributed by atoms with E-state index >= 15 is 0 Å². The third-order valence-electron chi connectivity index (χ3n) is 2.06. The lowest BCUT2D eigenvalue weighted by atomic mass is 10.2. The Bertz CT molecular complexity index is 509. The highest BCUT2D eigenvalue weighted by atomic mass is 19.1. The van der Waals surface area contributed by atoms with Crippen LogP contribution in [0, 0.1) is 0 Å². The summed E-state index contributed by atoms with van der Waals surface area (Å²) in [5, 5.41) is 0.889. The minimum atomic E-state index is -0.800. The fraction of sp³-hybridized carbons (Fsp3) is 0. The van der Waals surface area contributed by atoms with Crippen molar-refractivity contribution in [3.8, 4) is 0 Å². The van der Waals surface area contributed by atoms with Crippen LogP contribution in [0.4, 0.5) is 4.39 Å². The highest BCUT2D eigenvalue weighted by Gasteiger charge is 2.05. The monoisotopic (exact) mass is 204 g/mol. The van der Waals surface area contributed by atoms with E-state index in [1.807, 2.05) is 24.3 Å². The highest BCUT2D eigenvalue weighted by Crippen LogP contribution is 2.21. The van der Waals surface area contributed by atoms with Gasteiger partial charge < -0.3 is 10.7 Å². The first-order chi connectivity index (χ1) is 7.16. The maximum Gasteiger partial charge on any atom is 0.244 e. The number of nitrogens with two attached hydrogens (primary N) is 1. The second-order valence-electron chi connectivity index (χ2n) is 3.16. The van der Waals surface area contributed by atoms with Crippen LogP contribution < -0.4 is 5.73 Å². The van der Waals surface area contributed by atoms with Gasteiger partial charge in [-0.3, -0.25) is 4.79 Å². The summed E-state index contributed by atoms with van der Waals surface area (Å²) >= 11 is 0. The van der Waals surface area contributed by atoms with Gasteiger partial charge in [-0.05, 0) is 12.1 Å². The molecule has 0 atom stereocenters. The number of H-pyrrole nitrogens is 1. The van der Waals surface area contributed by atoms with Crippen LogP contribution in [-0.2, 0) is 4.79 Å². The molecule has 1 aromatic heterocycles. The summed E-state index contributed by atoms with van der Waals surface area (Å²) in [6, 6.07) is 9.02. The minimum Gasteiger partial charge on any atom is -0.366 e. The van der Waals surface area contributed by atoms with Crippen LogP contribution in [0.5, 0.6) is 0 Å². The number of primary amides is 1. The molecular weight excluding hydrogens is 195 g/mol. The van der Waals surface area contributed by atoms with Gasteiger partial charge in [-0.25, -0.2) is 4.39 Å². The van der Waals surface area contributed by atoms with Crippen LogP contribution >= 0.6 is 0 Å². The number of carbonyl (C=O) groups excluding carboxylic acids is 1. The summed E-state index contributed by atoms with van der Waals surface area (Å²) < 4.78 is 13.4. The Kier molecular flexibility index (Phi) is 2.25. The first-order valence-corrected chi connectivity index (χ1v) is 4.41. The number of carbonyl (C=O) groups is 1. The zero-order chi connectivity index (χ0) is 10.8. The molecule has 4 heteroatoms. The summed E-state index contributed by atoms with van der Waals surface area (Å²) in [6.07, 6.45) is 0.755. The fourth-order valence-electron chi connectivity index (χ4n) is 1.40. The molecule has 3 N–H and O–H groups in total. The van der Waals surface area contributed by atoms with E-state index in [4.69, 9.17) is 5.73 Å². The molecule has 1 amide bonds. The van der Waals surface area contributed by atoms with Crippen molar-refractivity contribution >= 4 is 22.6 Å². The van der Waals surface area contributed by atoms with E-state index in [2.05, 4.69) is 4.98 Å². The Morgan fingerprint density at radius 1 is 1.40 bits per heavy atom. The number of benzene rings is 1. The molecule has 0 aliphatic rings. The van der Waals surface area contributed by atoms with Gasteiger partial charge in [0.2, 0.25) is 5.91 Å². The van der Waals surface area contributed by atoms with Gasteiger partial charge in [0.1, 0.15) is 0 Å². The summed E-state index contributed by atoms with van der Waals surface area (Å²) in [4.78, 5) is 13.3. The summed E-state index contributed by atoms with van der Waals surface area (Å²) in [7, 11) is 0. The molecule has 76 valence electrons. The van der Waals surface area contributed by atoms with Crippen molar-refractivity contribution in [3.05, 3.63) is 42.1 Å². The van der Waals surface area contributed by atoms with E-state index in [1.54, 1.807) is 6.07 Å². The number of halogens is 1. The Balaban J connectivity index is 2.49. The quantitative estimate of drug-likeness (QED) is 0.722. The minimum absolute atomic E-state index is 0.259. The molecule has 0 saturated heterocycles. The van der Waals surface area contributed by atoms with E-state index in [0.717, 1.165) is 17.0 Å². The first kappa shape index (κ1) is 9.45. The largest absolute Gasteiger partial charge is 0.366 e. The van der Waals surface area contributed by atoms with Gasteiger partial charge in [-0.1, -0.05) is 18.2 Å². The third-order valence-corrected chi connectivity index (χ3v) is 2.06. The predicted octanol–water partition coefficient (Wildman–Crippen LogP) is 1.96. The number of hydrogen-bond donors (Lipinski definition) is 2. The lowest BCUT2D eigenvalue weighted by molar-refractivity contribution is -0.113. The lowest BCUT2D eigenvalue weighted by Gasteiger charge is -1.90. The molecule has 2 rings (SSSR count). The molecule has 15 heavy (non-hydrogen) atoms. The van der Waals surface area contributed by atoms with Crippen LogP contribution in [-0.4, -0.2) is 10.9 Å². The Morgan fingerprint density at radius 2 is 2.13 bits per heavy atom. The number of amides is 1. The fourth-order valence-corrected chi connectivity index (χ4v) is 1.40. The van der Waals surface area contributed by atoms with Gasteiger partial charge in [-0.2, -0.15) is 0 Å². The van der Waals surface area contributed by atoms with E-state index < -0.39 is 11.7 Å². The maximum atomic E-state index is 13.4. The summed E-state index contributed by atoms with van der Waals surface area (Å²) in [5.41, 5.74) is 5.93. The van der Waals surface area contributed by atoms with Gasteiger partial charge in [0, 0.05) is 17.0 Å². The first-order valence-electron chi connectivity index (χ1n) is 4.41. The van der Waals surface area contributed by atoms with Crippen LogP contribution in [0.15, 0.2) is 36.4 Å². The second-order valence-corrected chi connectivity index (χ2v) is 3.16. The second kappa shape index (κ2) is 3.57. The third kappa shape index (κ3) is 1.88. The summed E-state index contributed by atoms with van der Waals surface area (Å²) in [5.74, 6) is -1.45. The summed E-state index contributed by atoms with van der Waals surface area (Å²) in [6.45, 7) is 0. The maximum absolute atomic E-state index is 13.4. The van der Waals surface area contributed by atoms with E-state index in [0.29, 0.717) is 0 Å². The van der Waals surface area contributed by atoms with Gasteiger partial charge in [0.25, 0.3) is 0 Å². The molecule has 0 aliphatic carbocycles. The van der Waals surface area contributed by atoms with Gasteiger partial charge >= 0.3 is 0 Å². The van der Waals surface area contributed by atoms with E-state index in [-0.39, 0.29) is 5.69 Å². The van der Waals surface area contributed by atoms with Crippen molar-refractivity contribution in [2.75, 3.05) is 0 Å². The van der Waals surface area contributed by atoms with Crippen molar-refractivity contribution in [2.24, 2.45) is 5.73 Å². The van der Waals surface area contributed by atoms with E-state index in [1.165, 1.54) is 0 Å². The number of nitrogens with one attached hydrogen (secondary N) is 1. The average molecular weight is 204 g/mol. The van der Waals surface area contributed by atoms with Gasteiger partial charge in [0.05, 0.1) is 5.69 Å². The molecule has 0 radical (unpaired) electrons. The molecule has 0 fully saturated rings. The van der Waals surface area contributed by atoms with E-state index in [9.17, 15) is 9.18 Å². The smallest absolute Gasteiger partial charge is 0.244 e. The Morgan fingerprint density at radius 3 is 2.80 bits per heavy atom. The van der Waals surface area contributed by atoms with Crippen molar-refractivity contribution in [3.63, 3.8) is 0 Å². The number of aromatic amines is 1. The van der Waals surface area contributed by atoms with Gasteiger partial charge in [-0.15, -0.1) is 0 Å². The normalized spacial score (nSPS) is 11.9. The Hall–Kier alpha value is -2.10. The molecular formula is C11H9FN2O. The van der Waals surface area contributed by atoms with Crippen molar-refractivity contribution < 1.29 is 9.18 Å². The number of hydrogen-bond acceptors (Lipinski definition) is 1. The topological polar surface area (TPSA) is 58.9 Å². The van der Waals surface area contributed by atoms with Crippen LogP contribution in [0.2, 0.25) is 0 Å². The standard InChI is InChI=1S/C11H9FN2O/c12-8(6-11(13)15)10-5-7-3-1-2-4-9(7)14-10/h1-6,14H,(H2,13,15). The SMILES string of the molecule is NC(=O)C=C(F)c1cc2ccccc2[nH]1. The highest BCUT2D eigenvalue weighted by molar-refractivity contribution is 5.93. The number of aromatic nitrogens is 1. The number of para-hydroxylation sites is 1. The molecule has 3 nitrogen and oxygen atoms in total. The average Bonchev–Trinajstić information content (AvgIpc) is 2.59. The molecule has 1 aromatic carbocycles. The molecule has 0 unspecified atom stereocenters. The molecule has 2 aromatic rings. The Labute approximate surface area is 85.4 Å². The van der Waals surface area contributed by atoms with Crippen molar-refractivity contribution in [1.29, 1.82) is 0 Å². The number of rotatable bonds is 2. The predicted molar refractivity (Wildman–Crippen MR) is 56.6 cm³/mol. The molecule has 0 spiro atoms. The molecule has 1 heterocycles. The van der Waals surface area contributed by atoms with Crippen LogP contribution in [0.25, 0.3) is 16.7 Å².